The van der Waals surface area contributed by atoms with Crippen molar-refractivity contribution in [2.45, 2.75) is 46.3 Å². The molecule has 1 aromatic heterocycles. The molecule has 0 spiro atoms. The molecule has 2 amide bonds. The summed E-state index contributed by atoms with van der Waals surface area (Å²) in [5.41, 5.74) is 6.93. The number of aryl methyl sites for hydroxylation is 2. The molecule has 3 rings (SSSR count). The third-order valence-corrected chi connectivity index (χ3v) is 5.20. The summed E-state index contributed by atoms with van der Waals surface area (Å²) in [6.45, 7) is 5.57. The Kier molecular flexibility index (Phi) is 7.11. The van der Waals surface area contributed by atoms with Crippen molar-refractivity contribution < 1.29 is 23.7 Å². The first kappa shape index (κ1) is 23.5. The molecule has 0 aliphatic heterocycles. The molecule has 33 heavy (non-hydrogen) atoms. The van der Waals surface area contributed by atoms with Gasteiger partial charge in [0.25, 0.3) is 11.6 Å². The highest BCUT2D eigenvalue weighted by Crippen LogP contribution is 2.22. The Morgan fingerprint density at radius 1 is 1.21 bits per heavy atom. The number of ether oxygens (including phenoxy) is 1. The van der Waals surface area contributed by atoms with Crippen LogP contribution >= 0.6 is 0 Å². The number of non-ortho nitro benzene ring substituents is 1. The quantitative estimate of drug-likeness (QED) is 0.391. The molecule has 2 N–H and O–H groups in total. The lowest BCUT2D eigenvalue weighted by Gasteiger charge is -2.17. The Bertz CT molecular complexity index is 1260. The highest BCUT2D eigenvalue weighted by molar-refractivity contribution is 5.84. The number of amides is 2. The number of aromatic nitrogens is 1. The first-order valence-electron chi connectivity index (χ1n) is 10.3. The summed E-state index contributed by atoms with van der Waals surface area (Å²) in [5.74, 6) is -1.04. The van der Waals surface area contributed by atoms with Crippen molar-refractivity contribution in [2.24, 2.45) is 0 Å². The summed E-state index contributed by atoms with van der Waals surface area (Å²) in [6.07, 6.45) is -0.522. The predicted molar refractivity (Wildman–Crippen MR) is 119 cm³/mol. The molecule has 0 aliphatic rings. The number of hydrogen-bond acceptors (Lipinski definition) is 7. The number of carbonyl (C=O) groups excluding carboxylic acids is 2. The van der Waals surface area contributed by atoms with Gasteiger partial charge in [0, 0.05) is 19.0 Å². The van der Waals surface area contributed by atoms with Crippen molar-refractivity contribution in [3.8, 4) is 5.75 Å². The van der Waals surface area contributed by atoms with Crippen LogP contribution in [0.4, 0.5) is 5.69 Å². The fraction of sp³-hybridized carbons (Fsp3) is 0.318. The van der Waals surface area contributed by atoms with E-state index in [1.165, 1.54) is 22.8 Å². The number of nitro benzene ring substituents is 1. The van der Waals surface area contributed by atoms with Crippen molar-refractivity contribution in [2.75, 3.05) is 0 Å². The van der Waals surface area contributed by atoms with Crippen molar-refractivity contribution >= 4 is 28.6 Å². The van der Waals surface area contributed by atoms with Gasteiger partial charge >= 0.3 is 5.76 Å². The smallest absolute Gasteiger partial charge is 0.419 e. The van der Waals surface area contributed by atoms with Crippen LogP contribution in [0.15, 0.2) is 45.6 Å². The van der Waals surface area contributed by atoms with E-state index in [2.05, 4.69) is 10.9 Å². The summed E-state index contributed by atoms with van der Waals surface area (Å²) in [6, 6.07) is 9.42. The Hall–Kier alpha value is -4.15. The number of rotatable bonds is 8. The molecule has 0 aliphatic carbocycles. The van der Waals surface area contributed by atoms with Crippen LogP contribution in [0.3, 0.4) is 0 Å². The fourth-order valence-electron chi connectivity index (χ4n) is 3.17. The van der Waals surface area contributed by atoms with Crippen LogP contribution in [0.25, 0.3) is 11.1 Å². The monoisotopic (exact) mass is 456 g/mol. The summed E-state index contributed by atoms with van der Waals surface area (Å²) in [5, 5.41) is 10.9. The van der Waals surface area contributed by atoms with Crippen LogP contribution in [0.1, 0.15) is 30.9 Å². The third kappa shape index (κ3) is 5.56. The zero-order chi connectivity index (χ0) is 24.1. The first-order chi connectivity index (χ1) is 15.7. The van der Waals surface area contributed by atoms with Crippen molar-refractivity contribution in [1.29, 1.82) is 0 Å². The molecule has 11 nitrogen and oxygen atoms in total. The molecular formula is C22H24N4O7. The molecule has 2 aromatic carbocycles. The molecule has 0 saturated carbocycles. The summed E-state index contributed by atoms with van der Waals surface area (Å²) in [4.78, 5) is 46.6. The normalized spacial score (nSPS) is 11.7. The van der Waals surface area contributed by atoms with E-state index in [4.69, 9.17) is 9.15 Å². The molecule has 0 saturated heterocycles. The fourth-order valence-corrected chi connectivity index (χ4v) is 3.17. The average molecular weight is 456 g/mol. The minimum atomic E-state index is -0.828. The van der Waals surface area contributed by atoms with Crippen molar-refractivity contribution in [1.82, 2.24) is 15.4 Å². The van der Waals surface area contributed by atoms with E-state index in [-0.39, 0.29) is 30.7 Å². The zero-order valence-electron chi connectivity index (χ0n) is 18.4. The molecule has 11 heteroatoms. The van der Waals surface area contributed by atoms with Gasteiger partial charge in [0.15, 0.2) is 11.7 Å². The number of nitrogens with one attached hydrogen (secondary N) is 2. The lowest BCUT2D eigenvalue weighted by atomic mass is 10.1. The zero-order valence-corrected chi connectivity index (χ0v) is 18.4. The van der Waals surface area contributed by atoms with Gasteiger partial charge in [0.05, 0.1) is 16.5 Å². The van der Waals surface area contributed by atoms with Gasteiger partial charge in [0.2, 0.25) is 5.91 Å². The molecule has 174 valence electrons. The molecule has 1 atom stereocenters. The third-order valence-electron chi connectivity index (χ3n) is 5.20. The van der Waals surface area contributed by atoms with Crippen LogP contribution in [0.2, 0.25) is 0 Å². The largest absolute Gasteiger partial charge is 0.481 e. The van der Waals surface area contributed by atoms with Crippen LogP contribution in [-0.2, 0) is 16.1 Å². The lowest BCUT2D eigenvalue weighted by molar-refractivity contribution is -0.384. The van der Waals surface area contributed by atoms with Gasteiger partial charge in [-0.25, -0.2) is 4.79 Å². The summed E-state index contributed by atoms with van der Waals surface area (Å²) >= 11 is 0. The minimum absolute atomic E-state index is 0.0264. The number of oxazole rings is 1. The van der Waals surface area contributed by atoms with E-state index in [0.29, 0.717) is 11.3 Å². The number of hydrazine groups is 1. The molecule has 1 unspecified atom stereocenters. The van der Waals surface area contributed by atoms with Crippen LogP contribution in [-0.4, -0.2) is 27.4 Å². The number of hydrogen-bond donors (Lipinski definition) is 2. The van der Waals surface area contributed by atoms with Crippen LogP contribution in [0, 0.1) is 24.0 Å². The van der Waals surface area contributed by atoms with Crippen molar-refractivity contribution in [3.63, 3.8) is 0 Å². The highest BCUT2D eigenvalue weighted by atomic mass is 16.6. The number of carbonyl (C=O) groups is 2. The Labute approximate surface area is 188 Å². The average Bonchev–Trinajstić information content (AvgIpc) is 3.09. The molecule has 0 radical (unpaired) electrons. The summed E-state index contributed by atoms with van der Waals surface area (Å²) < 4.78 is 12.0. The summed E-state index contributed by atoms with van der Waals surface area (Å²) in [7, 11) is 0. The van der Waals surface area contributed by atoms with Gasteiger partial charge in [-0.15, -0.1) is 0 Å². The highest BCUT2D eigenvalue weighted by Gasteiger charge is 2.17. The maximum absolute atomic E-state index is 12.2. The topological polar surface area (TPSA) is 146 Å². The number of nitrogens with zero attached hydrogens (tertiary/aromatic N) is 2. The SMILES string of the molecule is Cc1cccc(OC(C)C(=O)NNC(=O)CCCn2c(=O)oc3cc([N+](=O)[O-])ccc32)c1C. The Morgan fingerprint density at radius 2 is 1.97 bits per heavy atom. The molecular weight excluding hydrogens is 432 g/mol. The standard InChI is InChI=1S/C22H24N4O7/c1-13-6-4-7-18(14(13)2)32-15(3)21(28)24-23-20(27)8-5-11-25-17-10-9-16(26(30)31)12-19(17)33-22(25)29/h4,6-7,9-10,12,15H,5,8,11H2,1-3H3,(H,23,27)(H,24,28). The first-order valence-corrected chi connectivity index (χ1v) is 10.3. The maximum atomic E-state index is 12.2. The van der Waals surface area contributed by atoms with E-state index < -0.39 is 28.6 Å². The second-order valence-electron chi connectivity index (χ2n) is 7.53. The van der Waals surface area contributed by atoms with Crippen LogP contribution < -0.4 is 21.3 Å². The second-order valence-corrected chi connectivity index (χ2v) is 7.53. The van der Waals surface area contributed by atoms with Gasteiger partial charge in [-0.05, 0) is 50.5 Å². The predicted octanol–water partition coefficient (Wildman–Crippen LogP) is 2.51. The molecule has 0 fully saturated rings. The van der Waals surface area contributed by atoms with Gasteiger partial charge in [0.1, 0.15) is 5.75 Å². The molecule has 1 heterocycles. The van der Waals surface area contributed by atoms with Crippen LogP contribution in [0.5, 0.6) is 5.75 Å². The second kappa shape index (κ2) is 9.98. The molecule has 0 bridgehead atoms. The maximum Gasteiger partial charge on any atom is 0.419 e. The lowest BCUT2D eigenvalue weighted by Crippen LogP contribution is -2.47. The van der Waals surface area contributed by atoms with Gasteiger partial charge < -0.3 is 9.15 Å². The van der Waals surface area contributed by atoms with E-state index in [9.17, 15) is 24.5 Å². The Morgan fingerprint density at radius 3 is 2.70 bits per heavy atom. The number of benzene rings is 2. The minimum Gasteiger partial charge on any atom is -0.481 e. The van der Waals surface area contributed by atoms with Crippen molar-refractivity contribution in [3.05, 3.63) is 68.2 Å². The van der Waals surface area contributed by atoms with E-state index in [0.717, 1.165) is 11.1 Å². The Balaban J connectivity index is 1.48. The van der Waals surface area contributed by atoms with E-state index >= 15 is 0 Å². The van der Waals surface area contributed by atoms with Gasteiger partial charge in [-0.1, -0.05) is 12.1 Å². The van der Waals surface area contributed by atoms with E-state index in [1.807, 2.05) is 26.0 Å². The van der Waals surface area contributed by atoms with Gasteiger partial charge in [-0.2, -0.15) is 0 Å². The van der Waals surface area contributed by atoms with E-state index in [1.54, 1.807) is 13.0 Å². The molecule has 3 aromatic rings. The van der Waals surface area contributed by atoms with Gasteiger partial charge in [-0.3, -0.25) is 35.1 Å². The number of fused-ring (bicyclic) bond motifs is 1. The number of nitro groups is 1.